The van der Waals surface area contributed by atoms with Crippen LogP contribution in [0.1, 0.15) is 309 Å². The van der Waals surface area contributed by atoms with Crippen molar-refractivity contribution in [3.8, 4) is 0 Å². The maximum absolute atomic E-state index is 13.1. The molecule has 0 spiro atoms. The van der Waals surface area contributed by atoms with Crippen molar-refractivity contribution in [3.63, 3.8) is 0 Å². The lowest BCUT2D eigenvalue weighted by molar-refractivity contribution is -0.870. The van der Waals surface area contributed by atoms with Crippen molar-refractivity contribution in [2.75, 3.05) is 40.9 Å². The molecule has 0 saturated carbocycles. The van der Waals surface area contributed by atoms with E-state index in [0.29, 0.717) is 23.9 Å². The molecular formula is C75H136N2O6P+. The number of hydrogen-bond acceptors (Lipinski definition) is 5. The highest BCUT2D eigenvalue weighted by atomic mass is 31.2. The zero-order valence-corrected chi connectivity index (χ0v) is 56.5. The average Bonchev–Trinajstić information content (AvgIpc) is 3.56. The Morgan fingerprint density at radius 1 is 0.417 bits per heavy atom. The lowest BCUT2D eigenvalue weighted by Crippen LogP contribution is -2.46. The molecule has 3 N–H and O–H groups in total. The molecule has 486 valence electrons. The van der Waals surface area contributed by atoms with Crippen LogP contribution in [-0.2, 0) is 18.4 Å². The highest BCUT2D eigenvalue weighted by Crippen LogP contribution is 2.43. The Labute approximate surface area is 521 Å². The van der Waals surface area contributed by atoms with Gasteiger partial charge >= 0.3 is 7.82 Å². The van der Waals surface area contributed by atoms with Crippen LogP contribution in [0.25, 0.3) is 0 Å². The third kappa shape index (κ3) is 66.7. The molecule has 0 aliphatic heterocycles. The van der Waals surface area contributed by atoms with Crippen molar-refractivity contribution < 1.29 is 32.9 Å². The van der Waals surface area contributed by atoms with E-state index in [-0.39, 0.29) is 19.1 Å². The maximum atomic E-state index is 13.1. The van der Waals surface area contributed by atoms with E-state index in [1.54, 1.807) is 0 Å². The van der Waals surface area contributed by atoms with Crippen molar-refractivity contribution in [3.05, 3.63) is 109 Å². The largest absolute Gasteiger partial charge is 0.472 e. The Morgan fingerprint density at radius 3 is 1.05 bits per heavy atom. The molecule has 0 fully saturated rings. The van der Waals surface area contributed by atoms with Crippen LogP contribution in [-0.4, -0.2) is 73.4 Å². The summed E-state index contributed by atoms with van der Waals surface area (Å²) in [5, 5.41) is 14.1. The minimum atomic E-state index is -4.34. The van der Waals surface area contributed by atoms with Gasteiger partial charge in [-0.25, -0.2) is 4.57 Å². The third-order valence-electron chi connectivity index (χ3n) is 15.5. The summed E-state index contributed by atoms with van der Waals surface area (Å²) in [6.45, 7) is 4.80. The number of nitrogens with zero attached hydrogens (tertiary/aromatic N) is 1. The van der Waals surface area contributed by atoms with Gasteiger partial charge in [-0.15, -0.1) is 0 Å². The number of quaternary nitrogens is 1. The van der Waals surface area contributed by atoms with E-state index in [9.17, 15) is 19.4 Å². The number of likely N-dealkylation sites (N-methyl/N-ethyl adjacent to an activating group) is 1. The summed E-state index contributed by atoms with van der Waals surface area (Å²) in [7, 11) is 1.61. The molecular weight excluding hydrogens is 1060 g/mol. The van der Waals surface area contributed by atoms with Crippen molar-refractivity contribution in [1.29, 1.82) is 0 Å². The molecule has 0 aromatic rings. The van der Waals surface area contributed by atoms with Gasteiger partial charge in [0.1, 0.15) is 13.2 Å². The van der Waals surface area contributed by atoms with Gasteiger partial charge in [-0.3, -0.25) is 13.8 Å². The van der Waals surface area contributed by atoms with E-state index in [0.717, 1.165) is 103 Å². The van der Waals surface area contributed by atoms with Crippen LogP contribution in [0.5, 0.6) is 0 Å². The van der Waals surface area contributed by atoms with Gasteiger partial charge in [0.2, 0.25) is 5.91 Å². The number of aliphatic hydroxyl groups excluding tert-OH is 1. The van der Waals surface area contributed by atoms with Crippen LogP contribution in [0.3, 0.4) is 0 Å². The number of phosphoric ester groups is 1. The fraction of sp³-hybridized carbons (Fsp3) is 0.747. The second-order valence-corrected chi connectivity index (χ2v) is 26.3. The molecule has 0 radical (unpaired) electrons. The lowest BCUT2D eigenvalue weighted by atomic mass is 10.0. The maximum Gasteiger partial charge on any atom is 0.472 e. The Morgan fingerprint density at radius 2 is 0.714 bits per heavy atom. The molecule has 0 aliphatic carbocycles. The zero-order valence-electron chi connectivity index (χ0n) is 55.6. The highest BCUT2D eigenvalue weighted by Gasteiger charge is 2.28. The van der Waals surface area contributed by atoms with E-state index in [1.165, 1.54) is 180 Å². The van der Waals surface area contributed by atoms with Crippen LogP contribution in [0, 0.1) is 0 Å². The Kier molecular flexibility index (Phi) is 62.4. The molecule has 3 unspecified atom stereocenters. The second kappa shape index (κ2) is 64.6. The molecule has 3 atom stereocenters. The van der Waals surface area contributed by atoms with Crippen molar-refractivity contribution >= 4 is 13.7 Å². The summed E-state index contributed by atoms with van der Waals surface area (Å²) in [6, 6.07) is -0.773. The highest BCUT2D eigenvalue weighted by molar-refractivity contribution is 7.47. The molecule has 0 aromatic heterocycles. The molecule has 0 aliphatic rings. The van der Waals surface area contributed by atoms with E-state index < -0.39 is 20.0 Å². The molecule has 84 heavy (non-hydrogen) atoms. The number of nitrogens with one attached hydrogen (secondary N) is 1. The summed E-state index contributed by atoms with van der Waals surface area (Å²) in [6.07, 6.45) is 94.7. The van der Waals surface area contributed by atoms with Gasteiger partial charge < -0.3 is 19.8 Å². The smallest absolute Gasteiger partial charge is 0.391 e. The molecule has 0 saturated heterocycles. The van der Waals surface area contributed by atoms with Gasteiger partial charge in [0, 0.05) is 6.42 Å². The summed E-state index contributed by atoms with van der Waals surface area (Å²) in [5.74, 6) is -0.151. The fourth-order valence-electron chi connectivity index (χ4n) is 10.1. The van der Waals surface area contributed by atoms with Crippen LogP contribution in [0.2, 0.25) is 0 Å². The minimum absolute atomic E-state index is 0.0693. The normalized spacial score (nSPS) is 14.3. The first-order chi connectivity index (χ1) is 41.0. The minimum Gasteiger partial charge on any atom is -0.391 e. The fourth-order valence-corrected chi connectivity index (χ4v) is 10.8. The first kappa shape index (κ1) is 81.2. The number of amides is 1. The molecule has 8 nitrogen and oxygen atoms in total. The van der Waals surface area contributed by atoms with Crippen molar-refractivity contribution in [2.24, 2.45) is 0 Å². The Hall–Kier alpha value is -2.84. The lowest BCUT2D eigenvalue weighted by Gasteiger charge is -2.26. The summed E-state index contributed by atoms with van der Waals surface area (Å²) >= 11 is 0. The van der Waals surface area contributed by atoms with Crippen LogP contribution < -0.4 is 5.32 Å². The number of aliphatic hydroxyl groups is 1. The summed E-state index contributed by atoms with van der Waals surface area (Å²) in [5.41, 5.74) is 0. The van der Waals surface area contributed by atoms with Crippen molar-refractivity contribution in [2.45, 2.75) is 321 Å². The zero-order chi connectivity index (χ0) is 61.2. The number of phosphoric acid groups is 1. The van der Waals surface area contributed by atoms with Gasteiger partial charge in [-0.2, -0.15) is 0 Å². The standard InChI is InChI=1S/C75H135N2O6P/c1-6-8-10-12-14-16-18-20-22-24-26-28-30-32-33-34-35-36-37-38-39-40-41-42-43-45-47-49-51-53-55-57-59-61-63-65-67-69-75(79)76-73(72-83-84(80,81)82-71-70-77(3,4)5)74(78)68-66-64-62-60-58-56-54-52-50-48-46-44-31-29-27-25-23-21-19-17-15-13-11-9-7-2/h8,10,14,16,20,22,26,28,32-33,35-36,38-39,41-42,45,47,73-74,78H,6-7,9,11-13,15,17-19,21,23-25,27,29-31,34,37,40,43-44,46,48-72H2,1-5H3,(H-,76,79,80,81)/p+1/b10-8-,16-14-,22-20-,28-26-,33-32-,36-35-,39-38-,42-41-,47-45-. The SMILES string of the molecule is CC/C=C\C/C=C\C/C=C\C/C=C\C/C=C\C/C=C\C/C=C\C/C=C\C/C=C\CCCCCCCCCCCC(=O)NC(COP(=O)(O)OCC[N+](C)(C)C)C(O)CCCCCCCCCCCCCCCCCCCCCCCCCCC. The second-order valence-electron chi connectivity index (χ2n) is 24.9. The molecule has 0 bridgehead atoms. The van der Waals surface area contributed by atoms with Gasteiger partial charge in [0.05, 0.1) is 39.9 Å². The molecule has 0 aromatic carbocycles. The van der Waals surface area contributed by atoms with E-state index >= 15 is 0 Å². The molecule has 0 rings (SSSR count). The van der Waals surface area contributed by atoms with Gasteiger partial charge in [0.25, 0.3) is 0 Å². The van der Waals surface area contributed by atoms with Crippen LogP contribution >= 0.6 is 7.82 Å². The first-order valence-electron chi connectivity index (χ1n) is 35.3. The number of carbonyl (C=O) groups is 1. The number of rotatable bonds is 64. The van der Waals surface area contributed by atoms with Gasteiger partial charge in [-0.05, 0) is 83.5 Å². The van der Waals surface area contributed by atoms with Crippen LogP contribution in [0.4, 0.5) is 0 Å². The predicted molar refractivity (Wildman–Crippen MR) is 369 cm³/mol. The average molecular weight is 1190 g/mol. The van der Waals surface area contributed by atoms with E-state index in [4.69, 9.17) is 9.05 Å². The molecule has 0 heterocycles. The quantitative estimate of drug-likeness (QED) is 0.0243. The summed E-state index contributed by atoms with van der Waals surface area (Å²) < 4.78 is 23.9. The van der Waals surface area contributed by atoms with E-state index in [1.807, 2.05) is 21.1 Å². The van der Waals surface area contributed by atoms with Crippen LogP contribution in [0.15, 0.2) is 109 Å². The van der Waals surface area contributed by atoms with Gasteiger partial charge in [-0.1, -0.05) is 329 Å². The number of allylic oxidation sites excluding steroid dienone is 18. The number of unbranched alkanes of at least 4 members (excludes halogenated alkanes) is 33. The van der Waals surface area contributed by atoms with Crippen molar-refractivity contribution in [1.82, 2.24) is 5.32 Å². The monoisotopic (exact) mass is 1190 g/mol. The first-order valence-corrected chi connectivity index (χ1v) is 36.7. The molecule has 9 heteroatoms. The number of hydrogen-bond donors (Lipinski definition) is 3. The third-order valence-corrected chi connectivity index (χ3v) is 16.5. The Bertz CT molecular complexity index is 1740. The predicted octanol–water partition coefficient (Wildman–Crippen LogP) is 22.7. The van der Waals surface area contributed by atoms with Gasteiger partial charge in [0.15, 0.2) is 0 Å². The Balaban J connectivity index is 4.10. The molecule has 1 amide bonds. The van der Waals surface area contributed by atoms with E-state index in [2.05, 4.69) is 129 Å². The number of carbonyl (C=O) groups excluding carboxylic acids is 1. The topological polar surface area (TPSA) is 105 Å². The summed E-state index contributed by atoms with van der Waals surface area (Å²) in [4.78, 5) is 23.5.